The fourth-order valence-electron chi connectivity index (χ4n) is 3.83. The summed E-state index contributed by atoms with van der Waals surface area (Å²) in [5.41, 5.74) is 2.60. The zero-order valence-electron chi connectivity index (χ0n) is 12.5. The zero-order valence-corrected chi connectivity index (χ0v) is 13.3. The molecule has 0 aliphatic carbocycles. The fourth-order valence-corrected chi connectivity index (χ4v) is 3.94. The second-order valence-corrected chi connectivity index (χ2v) is 6.70. The van der Waals surface area contributed by atoms with Crippen LogP contribution in [0.2, 0.25) is 5.15 Å². The highest BCUT2D eigenvalue weighted by Crippen LogP contribution is 2.34. The SMILES string of the molecule is Clc1ccc(N2C[C@H]3CCN(Cc4ccccc4)[C@H]3C2)cn1. The second-order valence-electron chi connectivity index (χ2n) is 6.32. The highest BCUT2D eigenvalue weighted by Gasteiger charge is 2.41. The lowest BCUT2D eigenvalue weighted by Crippen LogP contribution is -2.34. The largest absolute Gasteiger partial charge is 0.368 e. The molecule has 22 heavy (non-hydrogen) atoms. The van der Waals surface area contributed by atoms with Crippen molar-refractivity contribution in [3.8, 4) is 0 Å². The molecule has 4 heteroatoms. The number of fused-ring (bicyclic) bond motifs is 1. The number of hydrogen-bond donors (Lipinski definition) is 0. The maximum Gasteiger partial charge on any atom is 0.129 e. The van der Waals surface area contributed by atoms with Gasteiger partial charge in [-0.3, -0.25) is 4.90 Å². The van der Waals surface area contributed by atoms with Crippen molar-refractivity contribution in [3.05, 3.63) is 59.4 Å². The van der Waals surface area contributed by atoms with Gasteiger partial charge in [-0.15, -0.1) is 0 Å². The Morgan fingerprint density at radius 2 is 1.95 bits per heavy atom. The molecular formula is C18H20ClN3. The molecule has 3 nitrogen and oxygen atoms in total. The number of benzene rings is 1. The maximum atomic E-state index is 5.89. The van der Waals surface area contributed by atoms with Gasteiger partial charge in [-0.2, -0.15) is 0 Å². The minimum absolute atomic E-state index is 0.564. The zero-order chi connectivity index (χ0) is 14.9. The van der Waals surface area contributed by atoms with E-state index in [-0.39, 0.29) is 0 Å². The van der Waals surface area contributed by atoms with Crippen LogP contribution in [0.3, 0.4) is 0 Å². The highest BCUT2D eigenvalue weighted by atomic mass is 35.5. The average Bonchev–Trinajstić information content (AvgIpc) is 3.11. The Bertz CT molecular complexity index is 629. The van der Waals surface area contributed by atoms with Crippen LogP contribution < -0.4 is 4.90 Å². The quantitative estimate of drug-likeness (QED) is 0.809. The first kappa shape index (κ1) is 14.0. The van der Waals surface area contributed by atoms with Crippen LogP contribution in [0.25, 0.3) is 0 Å². The minimum atomic E-state index is 0.564. The topological polar surface area (TPSA) is 19.4 Å². The summed E-state index contributed by atoms with van der Waals surface area (Å²) in [7, 11) is 0. The summed E-state index contributed by atoms with van der Waals surface area (Å²) in [5, 5.41) is 0.564. The van der Waals surface area contributed by atoms with Crippen molar-refractivity contribution >= 4 is 17.3 Å². The molecule has 2 saturated heterocycles. The Balaban J connectivity index is 1.46. The van der Waals surface area contributed by atoms with Crippen LogP contribution in [0.4, 0.5) is 5.69 Å². The Morgan fingerprint density at radius 3 is 2.73 bits per heavy atom. The molecule has 0 bridgehead atoms. The molecule has 0 unspecified atom stereocenters. The average molecular weight is 314 g/mol. The second kappa shape index (κ2) is 5.90. The molecule has 0 radical (unpaired) electrons. The van der Waals surface area contributed by atoms with Crippen molar-refractivity contribution in [1.82, 2.24) is 9.88 Å². The molecule has 114 valence electrons. The Hall–Kier alpha value is -1.58. The third kappa shape index (κ3) is 2.71. The van der Waals surface area contributed by atoms with E-state index >= 15 is 0 Å². The molecule has 2 aliphatic rings. The molecule has 1 aromatic carbocycles. The Labute approximate surface area is 136 Å². The first-order valence-corrected chi connectivity index (χ1v) is 8.32. The third-order valence-corrected chi connectivity index (χ3v) is 5.19. The lowest BCUT2D eigenvalue weighted by Gasteiger charge is -2.25. The number of rotatable bonds is 3. The summed E-state index contributed by atoms with van der Waals surface area (Å²) in [5.74, 6) is 0.777. The van der Waals surface area contributed by atoms with Crippen LogP contribution in [0.5, 0.6) is 0 Å². The molecule has 1 aromatic heterocycles. The molecule has 4 rings (SSSR count). The summed E-state index contributed by atoms with van der Waals surface area (Å²) in [6, 6.07) is 15.4. The first-order valence-electron chi connectivity index (χ1n) is 7.94. The van der Waals surface area contributed by atoms with Crippen molar-refractivity contribution in [3.63, 3.8) is 0 Å². The van der Waals surface area contributed by atoms with Crippen LogP contribution in [-0.2, 0) is 6.54 Å². The number of likely N-dealkylation sites (tertiary alicyclic amines) is 1. The summed E-state index contributed by atoms with van der Waals surface area (Å²) >= 11 is 5.89. The predicted molar refractivity (Wildman–Crippen MR) is 90.2 cm³/mol. The smallest absolute Gasteiger partial charge is 0.129 e. The molecule has 2 fully saturated rings. The normalized spacial score (nSPS) is 24.7. The van der Waals surface area contributed by atoms with E-state index in [2.05, 4.69) is 51.2 Å². The summed E-state index contributed by atoms with van der Waals surface area (Å²) in [6.07, 6.45) is 3.19. The van der Waals surface area contributed by atoms with E-state index in [4.69, 9.17) is 11.6 Å². The maximum absolute atomic E-state index is 5.89. The summed E-state index contributed by atoms with van der Waals surface area (Å²) in [6.45, 7) is 4.52. The molecule has 2 aromatic rings. The van der Waals surface area contributed by atoms with E-state index in [0.717, 1.165) is 25.6 Å². The van der Waals surface area contributed by atoms with Gasteiger partial charge in [0.1, 0.15) is 5.15 Å². The van der Waals surface area contributed by atoms with Gasteiger partial charge < -0.3 is 4.90 Å². The van der Waals surface area contributed by atoms with Crippen molar-refractivity contribution in [2.24, 2.45) is 5.92 Å². The molecular weight excluding hydrogens is 294 g/mol. The molecule has 3 heterocycles. The van der Waals surface area contributed by atoms with Gasteiger partial charge in [0, 0.05) is 25.7 Å². The van der Waals surface area contributed by atoms with Gasteiger partial charge in [0.05, 0.1) is 11.9 Å². The van der Waals surface area contributed by atoms with Gasteiger partial charge in [0.2, 0.25) is 0 Å². The number of nitrogens with zero attached hydrogens (tertiary/aromatic N) is 3. The lowest BCUT2D eigenvalue weighted by molar-refractivity contribution is 0.246. The van der Waals surface area contributed by atoms with Gasteiger partial charge in [0.15, 0.2) is 0 Å². The third-order valence-electron chi connectivity index (χ3n) is 4.97. The molecule has 0 amide bonds. The van der Waals surface area contributed by atoms with Crippen LogP contribution in [-0.4, -0.2) is 35.6 Å². The summed E-state index contributed by atoms with van der Waals surface area (Å²) < 4.78 is 0. The van der Waals surface area contributed by atoms with Crippen molar-refractivity contribution in [1.29, 1.82) is 0 Å². The molecule has 0 spiro atoms. The number of halogens is 1. The number of aromatic nitrogens is 1. The molecule has 2 atom stereocenters. The van der Waals surface area contributed by atoms with Gasteiger partial charge in [0.25, 0.3) is 0 Å². The minimum Gasteiger partial charge on any atom is -0.368 e. The number of pyridine rings is 1. The van der Waals surface area contributed by atoms with E-state index in [1.807, 2.05) is 12.3 Å². The van der Waals surface area contributed by atoms with Gasteiger partial charge in [-0.05, 0) is 36.6 Å². The van der Waals surface area contributed by atoms with E-state index in [0.29, 0.717) is 11.2 Å². The Morgan fingerprint density at radius 1 is 1.09 bits per heavy atom. The van der Waals surface area contributed by atoms with Gasteiger partial charge >= 0.3 is 0 Å². The fraction of sp³-hybridized carbons (Fsp3) is 0.389. The van der Waals surface area contributed by atoms with Crippen molar-refractivity contribution in [2.75, 3.05) is 24.5 Å². The van der Waals surface area contributed by atoms with Crippen molar-refractivity contribution in [2.45, 2.75) is 19.0 Å². The molecule has 2 aliphatic heterocycles. The predicted octanol–water partition coefficient (Wildman–Crippen LogP) is 3.45. The van der Waals surface area contributed by atoms with E-state index in [9.17, 15) is 0 Å². The molecule has 0 N–H and O–H groups in total. The first-order chi connectivity index (χ1) is 10.8. The van der Waals surface area contributed by atoms with Crippen LogP contribution >= 0.6 is 11.6 Å². The van der Waals surface area contributed by atoms with Crippen LogP contribution in [0, 0.1) is 5.92 Å². The summed E-state index contributed by atoms with van der Waals surface area (Å²) in [4.78, 5) is 9.31. The van der Waals surface area contributed by atoms with E-state index in [1.54, 1.807) is 0 Å². The molecule has 0 saturated carbocycles. The van der Waals surface area contributed by atoms with E-state index < -0.39 is 0 Å². The monoisotopic (exact) mass is 313 g/mol. The standard InChI is InChI=1S/C18H20ClN3/c19-18-7-6-16(10-20-18)22-12-15-8-9-21(17(15)13-22)11-14-4-2-1-3-5-14/h1-7,10,15,17H,8-9,11-13H2/t15-,17+/m1/s1. The number of anilines is 1. The lowest BCUT2D eigenvalue weighted by atomic mass is 10.0. The highest BCUT2D eigenvalue weighted by molar-refractivity contribution is 6.29. The van der Waals surface area contributed by atoms with Crippen LogP contribution in [0.1, 0.15) is 12.0 Å². The van der Waals surface area contributed by atoms with Crippen LogP contribution in [0.15, 0.2) is 48.7 Å². The van der Waals surface area contributed by atoms with Gasteiger partial charge in [-0.25, -0.2) is 4.98 Å². The van der Waals surface area contributed by atoms with Gasteiger partial charge in [-0.1, -0.05) is 41.9 Å². The Kier molecular flexibility index (Phi) is 3.77. The van der Waals surface area contributed by atoms with E-state index in [1.165, 1.54) is 24.2 Å². The van der Waals surface area contributed by atoms with Crippen molar-refractivity contribution < 1.29 is 0 Å². The number of hydrogen-bond acceptors (Lipinski definition) is 3.